The highest BCUT2D eigenvalue weighted by Crippen LogP contribution is 2.11. The van der Waals surface area contributed by atoms with Crippen molar-refractivity contribution in [3.63, 3.8) is 0 Å². The number of nitrogens with zero attached hydrogens (tertiary/aromatic N) is 1. The van der Waals surface area contributed by atoms with Crippen LogP contribution in [0.3, 0.4) is 0 Å². The minimum absolute atomic E-state index is 0.0774. The maximum atomic E-state index is 11.6. The van der Waals surface area contributed by atoms with E-state index in [0.29, 0.717) is 19.5 Å². The molecule has 1 heterocycles. The molecule has 3 amide bonds. The van der Waals surface area contributed by atoms with Crippen molar-refractivity contribution in [2.75, 3.05) is 19.6 Å². The number of terminal acetylenes is 1. The van der Waals surface area contributed by atoms with E-state index in [1.165, 1.54) is 0 Å². The molecule has 2 N–H and O–H groups in total. The lowest BCUT2D eigenvalue weighted by atomic mass is 10.2. The minimum atomic E-state index is -0.521. The Kier molecular flexibility index (Phi) is 5.04. The number of carbonyl (C=O) groups excluding carboxylic acids is 2. The number of ether oxygens (including phenoxy) is 1. The largest absolute Gasteiger partial charge is 0.444 e. The van der Waals surface area contributed by atoms with E-state index in [1.54, 1.807) is 25.7 Å². The molecule has 1 fully saturated rings. The van der Waals surface area contributed by atoms with Gasteiger partial charge < -0.3 is 20.3 Å². The molecule has 1 saturated heterocycles. The van der Waals surface area contributed by atoms with Crippen LogP contribution in [0.1, 0.15) is 27.2 Å². The summed E-state index contributed by atoms with van der Waals surface area (Å²) in [6.07, 6.45) is 5.33. The number of alkyl carbamates (subject to hydrolysis) is 1. The molecule has 0 bridgehead atoms. The lowest BCUT2D eigenvalue weighted by Gasteiger charge is -2.22. The van der Waals surface area contributed by atoms with Gasteiger partial charge in [-0.2, -0.15) is 0 Å². The smallest absolute Gasteiger partial charge is 0.407 e. The van der Waals surface area contributed by atoms with Gasteiger partial charge >= 0.3 is 12.1 Å². The van der Waals surface area contributed by atoms with Crippen LogP contribution in [0.2, 0.25) is 0 Å². The van der Waals surface area contributed by atoms with Crippen molar-refractivity contribution in [1.29, 1.82) is 0 Å². The zero-order valence-electron chi connectivity index (χ0n) is 11.7. The maximum Gasteiger partial charge on any atom is 0.407 e. The van der Waals surface area contributed by atoms with Crippen LogP contribution < -0.4 is 10.6 Å². The molecule has 0 aromatic rings. The van der Waals surface area contributed by atoms with E-state index in [4.69, 9.17) is 11.2 Å². The molecule has 1 aliphatic rings. The van der Waals surface area contributed by atoms with Gasteiger partial charge in [-0.1, -0.05) is 5.92 Å². The molecule has 1 rings (SSSR count). The molecule has 19 heavy (non-hydrogen) atoms. The third kappa shape index (κ3) is 5.51. The molecule has 106 valence electrons. The van der Waals surface area contributed by atoms with Crippen molar-refractivity contribution in [2.24, 2.45) is 0 Å². The van der Waals surface area contributed by atoms with Gasteiger partial charge in [0.05, 0.1) is 12.6 Å². The highest BCUT2D eigenvalue weighted by molar-refractivity contribution is 5.75. The first kappa shape index (κ1) is 15.2. The summed E-state index contributed by atoms with van der Waals surface area (Å²) in [6, 6.07) is -0.280. The van der Waals surface area contributed by atoms with E-state index in [-0.39, 0.29) is 18.6 Å². The fraction of sp³-hybridized carbons (Fsp3) is 0.692. The maximum absolute atomic E-state index is 11.6. The van der Waals surface area contributed by atoms with Gasteiger partial charge in [-0.05, 0) is 27.2 Å². The van der Waals surface area contributed by atoms with Crippen molar-refractivity contribution in [1.82, 2.24) is 15.5 Å². The van der Waals surface area contributed by atoms with Crippen LogP contribution in [0.15, 0.2) is 0 Å². The number of rotatable bonds is 2. The molecular formula is C13H21N3O3. The predicted molar refractivity (Wildman–Crippen MR) is 71.6 cm³/mol. The second kappa shape index (κ2) is 6.32. The van der Waals surface area contributed by atoms with Gasteiger partial charge in [-0.3, -0.25) is 0 Å². The van der Waals surface area contributed by atoms with Crippen molar-refractivity contribution in [3.05, 3.63) is 0 Å². The standard InChI is InChI=1S/C13H21N3O3/c1-5-7-14-11(17)16-8-6-10(9-16)15-12(18)19-13(2,3)4/h1,10H,6-9H2,2-4H3,(H,14,17)(H,15,18)/t10-/m0/s1. The lowest BCUT2D eigenvalue weighted by molar-refractivity contribution is 0.0506. The molecule has 0 unspecified atom stereocenters. The first-order valence-corrected chi connectivity index (χ1v) is 6.27. The summed E-state index contributed by atoms with van der Waals surface area (Å²) in [4.78, 5) is 24.8. The van der Waals surface area contributed by atoms with Gasteiger partial charge in [0.1, 0.15) is 5.60 Å². The molecule has 6 heteroatoms. The quantitative estimate of drug-likeness (QED) is 0.731. The molecule has 0 aliphatic carbocycles. The SMILES string of the molecule is C#CCNC(=O)N1CC[C@H](NC(=O)OC(C)(C)C)C1. The number of nitrogens with one attached hydrogen (secondary N) is 2. The average molecular weight is 267 g/mol. The zero-order chi connectivity index (χ0) is 14.5. The Morgan fingerprint density at radius 1 is 1.47 bits per heavy atom. The van der Waals surface area contributed by atoms with E-state index in [0.717, 1.165) is 0 Å². The summed E-state index contributed by atoms with van der Waals surface area (Å²) in [5.41, 5.74) is -0.521. The van der Waals surface area contributed by atoms with Crippen LogP contribution in [0, 0.1) is 12.3 Å². The van der Waals surface area contributed by atoms with E-state index in [2.05, 4.69) is 16.6 Å². The second-order valence-electron chi connectivity index (χ2n) is 5.44. The fourth-order valence-corrected chi connectivity index (χ4v) is 1.78. The van der Waals surface area contributed by atoms with E-state index >= 15 is 0 Å². The topological polar surface area (TPSA) is 70.7 Å². The molecular weight excluding hydrogens is 246 g/mol. The van der Waals surface area contributed by atoms with Crippen LogP contribution in [0.5, 0.6) is 0 Å². The number of hydrogen-bond acceptors (Lipinski definition) is 3. The minimum Gasteiger partial charge on any atom is -0.444 e. The molecule has 0 aromatic carbocycles. The van der Waals surface area contributed by atoms with Gasteiger partial charge in [-0.25, -0.2) is 9.59 Å². The summed E-state index contributed by atoms with van der Waals surface area (Å²) in [5, 5.41) is 5.35. The zero-order valence-corrected chi connectivity index (χ0v) is 11.7. The first-order chi connectivity index (χ1) is 8.81. The second-order valence-corrected chi connectivity index (χ2v) is 5.44. The third-order valence-corrected chi connectivity index (χ3v) is 2.54. The molecule has 0 radical (unpaired) electrons. The summed E-state index contributed by atoms with van der Waals surface area (Å²) >= 11 is 0. The molecule has 0 aromatic heterocycles. The van der Waals surface area contributed by atoms with Crippen LogP contribution in [-0.2, 0) is 4.74 Å². The van der Waals surface area contributed by atoms with Crippen LogP contribution in [-0.4, -0.2) is 48.3 Å². The van der Waals surface area contributed by atoms with Crippen LogP contribution in [0.4, 0.5) is 9.59 Å². The first-order valence-electron chi connectivity index (χ1n) is 6.27. The van der Waals surface area contributed by atoms with Crippen molar-refractivity contribution in [3.8, 4) is 12.3 Å². The molecule has 0 spiro atoms. The Morgan fingerprint density at radius 3 is 2.74 bits per heavy atom. The summed E-state index contributed by atoms with van der Waals surface area (Å²) in [5.74, 6) is 2.34. The van der Waals surface area contributed by atoms with Crippen LogP contribution in [0.25, 0.3) is 0 Å². The monoisotopic (exact) mass is 267 g/mol. The molecule has 1 atom stereocenters. The van der Waals surface area contributed by atoms with Crippen molar-refractivity contribution >= 4 is 12.1 Å². The normalized spacial score (nSPS) is 18.6. The van der Waals surface area contributed by atoms with Crippen molar-refractivity contribution < 1.29 is 14.3 Å². The highest BCUT2D eigenvalue weighted by atomic mass is 16.6. The Bertz CT molecular complexity index is 382. The van der Waals surface area contributed by atoms with Gasteiger partial charge in [-0.15, -0.1) is 6.42 Å². The van der Waals surface area contributed by atoms with E-state index in [9.17, 15) is 9.59 Å². The summed E-state index contributed by atoms with van der Waals surface area (Å²) in [6.45, 7) is 6.69. The highest BCUT2D eigenvalue weighted by Gasteiger charge is 2.28. The molecule has 1 aliphatic heterocycles. The summed E-state index contributed by atoms with van der Waals surface area (Å²) in [7, 11) is 0. The lowest BCUT2D eigenvalue weighted by Crippen LogP contribution is -2.43. The van der Waals surface area contributed by atoms with Gasteiger partial charge in [0.15, 0.2) is 0 Å². The Morgan fingerprint density at radius 2 is 2.16 bits per heavy atom. The number of likely N-dealkylation sites (tertiary alicyclic amines) is 1. The van der Waals surface area contributed by atoms with Crippen molar-refractivity contribution in [2.45, 2.75) is 38.8 Å². The average Bonchev–Trinajstić information content (AvgIpc) is 2.71. The number of urea groups is 1. The van der Waals surface area contributed by atoms with E-state index in [1.807, 2.05) is 0 Å². The van der Waals surface area contributed by atoms with Gasteiger partial charge in [0.2, 0.25) is 0 Å². The fourth-order valence-electron chi connectivity index (χ4n) is 1.78. The third-order valence-electron chi connectivity index (χ3n) is 2.54. The molecule has 0 saturated carbocycles. The summed E-state index contributed by atoms with van der Waals surface area (Å²) < 4.78 is 5.16. The number of hydrogen-bond donors (Lipinski definition) is 2. The predicted octanol–water partition coefficient (Wildman–Crippen LogP) is 0.928. The Labute approximate surface area is 113 Å². The Balaban J connectivity index is 2.34. The Hall–Kier alpha value is -1.90. The van der Waals surface area contributed by atoms with Gasteiger partial charge in [0.25, 0.3) is 0 Å². The van der Waals surface area contributed by atoms with E-state index < -0.39 is 11.7 Å². The number of amides is 3. The van der Waals surface area contributed by atoms with Crippen LogP contribution >= 0.6 is 0 Å². The number of carbonyl (C=O) groups is 2. The molecule has 6 nitrogen and oxygen atoms in total. The van der Waals surface area contributed by atoms with Gasteiger partial charge in [0, 0.05) is 13.1 Å².